The Labute approximate surface area is 163 Å². The first-order valence-corrected chi connectivity index (χ1v) is 10.2. The number of carbonyl (C=O) groups is 1. The minimum absolute atomic E-state index is 0.0950. The molecule has 3 aromatic rings. The number of hydrogen-bond acceptors (Lipinski definition) is 4. The highest BCUT2D eigenvalue weighted by atomic mass is 79.9. The van der Waals surface area contributed by atoms with Crippen molar-refractivity contribution in [1.82, 2.24) is 14.7 Å². The van der Waals surface area contributed by atoms with Crippen LogP contribution in [0.4, 0.5) is 0 Å². The quantitative estimate of drug-likeness (QED) is 0.683. The number of nitrogens with zero attached hydrogens (tertiary/aromatic N) is 2. The number of amides is 1. The lowest BCUT2D eigenvalue weighted by molar-refractivity contribution is 0.0938. The van der Waals surface area contributed by atoms with Crippen molar-refractivity contribution >= 4 is 38.1 Å². The highest BCUT2D eigenvalue weighted by molar-refractivity contribution is 9.10. The summed E-state index contributed by atoms with van der Waals surface area (Å²) in [6, 6.07) is 7.54. The number of thiazole rings is 1. The molecule has 0 aliphatic heterocycles. The first-order chi connectivity index (χ1) is 12.5. The minimum atomic E-state index is -0.386. The normalized spacial score (nSPS) is 14.8. The Hall–Kier alpha value is -1.99. The van der Waals surface area contributed by atoms with Crippen molar-refractivity contribution in [3.8, 4) is 0 Å². The summed E-state index contributed by atoms with van der Waals surface area (Å²) >= 11 is 4.96. The van der Waals surface area contributed by atoms with Gasteiger partial charge in [-0.3, -0.25) is 14.0 Å². The highest BCUT2D eigenvalue weighted by Crippen LogP contribution is 2.28. The molecule has 0 bridgehead atoms. The fourth-order valence-electron chi connectivity index (χ4n) is 3.33. The Morgan fingerprint density at radius 3 is 2.77 bits per heavy atom. The number of fused-ring (bicyclic) bond motifs is 3. The fraction of sp³-hybridized carbons (Fsp3) is 0.316. The second kappa shape index (κ2) is 6.96. The van der Waals surface area contributed by atoms with Gasteiger partial charge in [-0.05, 0) is 50.3 Å². The lowest BCUT2D eigenvalue weighted by Crippen LogP contribution is -2.33. The summed E-state index contributed by atoms with van der Waals surface area (Å²) in [6.45, 7) is 1.90. The number of hydrogen-bond donors (Lipinski definition) is 1. The van der Waals surface area contributed by atoms with Crippen molar-refractivity contribution < 1.29 is 4.79 Å². The van der Waals surface area contributed by atoms with E-state index in [-0.39, 0.29) is 23.1 Å². The monoisotopic (exact) mass is 431 g/mol. The topological polar surface area (TPSA) is 63.5 Å². The Balaban J connectivity index is 1.65. The van der Waals surface area contributed by atoms with Crippen LogP contribution in [-0.2, 0) is 12.8 Å². The zero-order chi connectivity index (χ0) is 18.3. The van der Waals surface area contributed by atoms with Crippen LogP contribution in [0.25, 0.3) is 4.96 Å². The summed E-state index contributed by atoms with van der Waals surface area (Å²) in [5.41, 5.74) is 1.83. The molecule has 4 rings (SSSR count). The molecule has 1 N–H and O–H groups in total. The standard InChI is InChI=1S/C19H18BrN3O2S/c1-11(12-6-8-13(20)9-7-12)22-17(24)14-10-21-19-23(18(14)25)15-4-2-3-5-16(15)26-19/h6-11H,2-5H2,1H3,(H,22,24)/t11-/m1/s1. The maximum absolute atomic E-state index is 12.9. The van der Waals surface area contributed by atoms with Crippen molar-refractivity contribution in [3.63, 3.8) is 0 Å². The number of nitrogens with one attached hydrogen (secondary N) is 1. The maximum Gasteiger partial charge on any atom is 0.271 e. The molecule has 0 radical (unpaired) electrons. The van der Waals surface area contributed by atoms with E-state index in [9.17, 15) is 9.59 Å². The molecule has 26 heavy (non-hydrogen) atoms. The molecule has 1 amide bonds. The van der Waals surface area contributed by atoms with E-state index in [2.05, 4.69) is 26.2 Å². The molecule has 1 atom stereocenters. The largest absolute Gasteiger partial charge is 0.345 e. The molecule has 7 heteroatoms. The van der Waals surface area contributed by atoms with Crippen LogP contribution in [-0.4, -0.2) is 15.3 Å². The van der Waals surface area contributed by atoms with Crippen LogP contribution >= 0.6 is 27.3 Å². The van der Waals surface area contributed by atoms with Gasteiger partial charge in [0.15, 0.2) is 4.96 Å². The Morgan fingerprint density at radius 1 is 1.27 bits per heavy atom. The van der Waals surface area contributed by atoms with E-state index in [1.807, 2.05) is 31.2 Å². The molecule has 0 saturated carbocycles. The van der Waals surface area contributed by atoms with Gasteiger partial charge in [-0.25, -0.2) is 4.98 Å². The molecule has 2 heterocycles. The molecule has 5 nitrogen and oxygen atoms in total. The average molecular weight is 432 g/mol. The lowest BCUT2D eigenvalue weighted by atomic mass is 10.0. The summed E-state index contributed by atoms with van der Waals surface area (Å²) in [6.07, 6.45) is 5.49. The van der Waals surface area contributed by atoms with Gasteiger partial charge in [-0.15, -0.1) is 11.3 Å². The first kappa shape index (κ1) is 17.4. The molecule has 1 aromatic carbocycles. The van der Waals surface area contributed by atoms with Crippen molar-refractivity contribution in [2.24, 2.45) is 0 Å². The second-order valence-corrected chi connectivity index (χ2v) is 8.50. The number of aryl methyl sites for hydroxylation is 2. The molecule has 0 saturated heterocycles. The zero-order valence-electron chi connectivity index (χ0n) is 14.3. The third kappa shape index (κ3) is 3.10. The number of benzene rings is 1. The molecule has 0 fully saturated rings. The van der Waals surface area contributed by atoms with Gasteiger partial charge in [0.1, 0.15) is 5.56 Å². The van der Waals surface area contributed by atoms with Crippen LogP contribution in [0, 0.1) is 0 Å². The van der Waals surface area contributed by atoms with Crippen LogP contribution < -0.4 is 10.9 Å². The Kier molecular flexibility index (Phi) is 4.67. The minimum Gasteiger partial charge on any atom is -0.345 e. The third-order valence-corrected chi connectivity index (χ3v) is 6.45. The highest BCUT2D eigenvalue weighted by Gasteiger charge is 2.22. The fourth-order valence-corrected chi connectivity index (χ4v) is 4.77. The summed E-state index contributed by atoms with van der Waals surface area (Å²) < 4.78 is 2.62. The molecular weight excluding hydrogens is 414 g/mol. The Morgan fingerprint density at radius 2 is 2.00 bits per heavy atom. The third-order valence-electron chi connectivity index (χ3n) is 4.76. The van der Waals surface area contributed by atoms with E-state index in [0.29, 0.717) is 4.96 Å². The molecule has 0 unspecified atom stereocenters. The summed E-state index contributed by atoms with van der Waals surface area (Å²) in [5, 5.41) is 2.91. The summed E-state index contributed by atoms with van der Waals surface area (Å²) in [5.74, 6) is -0.386. The van der Waals surface area contributed by atoms with Crippen LogP contribution in [0.15, 0.2) is 39.7 Å². The van der Waals surface area contributed by atoms with E-state index in [0.717, 1.165) is 41.4 Å². The van der Waals surface area contributed by atoms with Gasteiger partial charge in [-0.1, -0.05) is 28.1 Å². The molecule has 134 valence electrons. The van der Waals surface area contributed by atoms with Crippen molar-refractivity contribution in [2.45, 2.75) is 38.6 Å². The van der Waals surface area contributed by atoms with Gasteiger partial charge < -0.3 is 5.32 Å². The molecular formula is C19H18BrN3O2S. The van der Waals surface area contributed by atoms with Crippen molar-refractivity contribution in [2.75, 3.05) is 0 Å². The van der Waals surface area contributed by atoms with Crippen LogP contribution in [0.5, 0.6) is 0 Å². The van der Waals surface area contributed by atoms with Crippen LogP contribution in [0.1, 0.15) is 52.3 Å². The van der Waals surface area contributed by atoms with Crippen molar-refractivity contribution in [3.05, 3.63) is 67.0 Å². The smallest absolute Gasteiger partial charge is 0.271 e. The Bertz CT molecular complexity index is 1040. The SMILES string of the molecule is C[C@@H](NC(=O)c1cnc2sc3c(n2c1=O)CCCC3)c1ccc(Br)cc1. The van der Waals surface area contributed by atoms with E-state index >= 15 is 0 Å². The van der Waals surface area contributed by atoms with Crippen molar-refractivity contribution in [1.29, 1.82) is 0 Å². The summed E-state index contributed by atoms with van der Waals surface area (Å²) in [7, 11) is 0. The molecule has 0 spiro atoms. The summed E-state index contributed by atoms with van der Waals surface area (Å²) in [4.78, 5) is 31.9. The van der Waals surface area contributed by atoms with Gasteiger partial charge in [-0.2, -0.15) is 0 Å². The van der Waals surface area contributed by atoms with Gasteiger partial charge in [0.2, 0.25) is 0 Å². The van der Waals surface area contributed by atoms with Gasteiger partial charge in [0.05, 0.1) is 6.04 Å². The molecule has 1 aliphatic rings. The van der Waals surface area contributed by atoms with Gasteiger partial charge in [0.25, 0.3) is 11.5 Å². The van der Waals surface area contributed by atoms with Gasteiger partial charge in [0, 0.05) is 21.2 Å². The number of aromatic nitrogens is 2. The van der Waals surface area contributed by atoms with Crippen LogP contribution in [0.3, 0.4) is 0 Å². The van der Waals surface area contributed by atoms with Gasteiger partial charge >= 0.3 is 0 Å². The van der Waals surface area contributed by atoms with E-state index in [4.69, 9.17) is 0 Å². The number of rotatable bonds is 3. The average Bonchev–Trinajstić information content (AvgIpc) is 3.01. The zero-order valence-corrected chi connectivity index (χ0v) is 16.7. The van der Waals surface area contributed by atoms with E-state index in [1.54, 1.807) is 15.7 Å². The number of halogens is 1. The van der Waals surface area contributed by atoms with E-state index < -0.39 is 0 Å². The van der Waals surface area contributed by atoms with Crippen LogP contribution in [0.2, 0.25) is 0 Å². The van der Waals surface area contributed by atoms with E-state index in [1.165, 1.54) is 11.1 Å². The lowest BCUT2D eigenvalue weighted by Gasteiger charge is -2.14. The second-order valence-electron chi connectivity index (χ2n) is 6.52. The predicted octanol–water partition coefficient (Wildman–Crippen LogP) is 3.89. The number of carbonyl (C=O) groups excluding carboxylic acids is 1. The molecule has 2 aromatic heterocycles. The predicted molar refractivity (Wildman–Crippen MR) is 106 cm³/mol. The first-order valence-electron chi connectivity index (χ1n) is 8.63. The maximum atomic E-state index is 12.9. The molecule has 1 aliphatic carbocycles.